The van der Waals surface area contributed by atoms with Gasteiger partial charge in [-0.3, -0.25) is 4.79 Å². The predicted molar refractivity (Wildman–Crippen MR) is 111 cm³/mol. The Morgan fingerprint density at radius 2 is 1.96 bits per heavy atom. The number of methoxy groups -OCH3 is 1. The molecule has 0 saturated heterocycles. The summed E-state index contributed by atoms with van der Waals surface area (Å²) in [5, 5.41) is 4.38. The van der Waals surface area contributed by atoms with Gasteiger partial charge in [-0.2, -0.15) is 5.10 Å². The molecule has 0 unspecified atom stereocenters. The maximum absolute atomic E-state index is 11.7. The van der Waals surface area contributed by atoms with Crippen LogP contribution in [0, 0.1) is 7.14 Å². The Morgan fingerprint density at radius 3 is 2.58 bits per heavy atom. The monoisotopic (exact) mass is 570 g/mol. The highest BCUT2D eigenvalue weighted by molar-refractivity contribution is 14.1. The van der Waals surface area contributed by atoms with Crippen LogP contribution >= 0.6 is 56.8 Å². The quantitative estimate of drug-likeness (QED) is 0.324. The molecule has 0 aliphatic heterocycles. The highest BCUT2D eigenvalue weighted by atomic mass is 127. The van der Waals surface area contributed by atoms with Crippen LogP contribution in [0.15, 0.2) is 41.5 Å². The van der Waals surface area contributed by atoms with Crippen LogP contribution in [0.2, 0.25) is 5.02 Å². The van der Waals surface area contributed by atoms with Gasteiger partial charge in [0.15, 0.2) is 6.61 Å². The van der Waals surface area contributed by atoms with E-state index in [9.17, 15) is 4.79 Å². The van der Waals surface area contributed by atoms with Gasteiger partial charge in [-0.05, 0) is 75.0 Å². The summed E-state index contributed by atoms with van der Waals surface area (Å²) < 4.78 is 12.6. The topological polar surface area (TPSA) is 59.9 Å². The van der Waals surface area contributed by atoms with Crippen molar-refractivity contribution in [3.05, 3.63) is 54.1 Å². The van der Waals surface area contributed by atoms with E-state index in [1.54, 1.807) is 37.6 Å². The fraction of sp³-hybridized carbons (Fsp3) is 0.125. The SMILES string of the molecule is COc1c(I)cc(/C=N\NC(=O)COc2ccccc2Cl)cc1I. The molecule has 0 fully saturated rings. The number of para-hydroxylation sites is 1. The lowest BCUT2D eigenvalue weighted by Crippen LogP contribution is -2.24. The number of carbonyl (C=O) groups excluding carboxylic acids is 1. The van der Waals surface area contributed by atoms with E-state index >= 15 is 0 Å². The van der Waals surface area contributed by atoms with E-state index < -0.39 is 0 Å². The third-order valence-electron chi connectivity index (χ3n) is 2.82. The molecule has 0 atom stereocenters. The zero-order chi connectivity index (χ0) is 17.5. The second kappa shape index (κ2) is 9.42. The Hall–Kier alpha value is -1.07. The van der Waals surface area contributed by atoms with Gasteiger partial charge in [-0.25, -0.2) is 5.43 Å². The first-order valence-electron chi connectivity index (χ1n) is 6.73. The van der Waals surface area contributed by atoms with Crippen molar-refractivity contribution in [2.24, 2.45) is 5.10 Å². The highest BCUT2D eigenvalue weighted by Gasteiger charge is 2.07. The number of carbonyl (C=O) groups is 1. The Labute approximate surface area is 172 Å². The molecule has 0 radical (unpaired) electrons. The summed E-state index contributed by atoms with van der Waals surface area (Å²) in [6.07, 6.45) is 1.57. The molecule has 1 N–H and O–H groups in total. The molecule has 2 rings (SSSR count). The van der Waals surface area contributed by atoms with Crippen LogP contribution in [-0.4, -0.2) is 25.8 Å². The van der Waals surface area contributed by atoms with Crippen LogP contribution in [0.25, 0.3) is 0 Å². The number of nitrogens with one attached hydrogen (secondary N) is 1. The standard InChI is InChI=1S/C16H13ClI2N2O3/c1-23-16-12(18)6-10(7-13(16)19)8-20-21-15(22)9-24-14-5-3-2-4-11(14)17/h2-8H,9H2,1H3,(H,21,22)/b20-8-. The summed E-state index contributed by atoms with van der Waals surface area (Å²) in [7, 11) is 1.63. The first kappa shape index (κ1) is 19.3. The van der Waals surface area contributed by atoms with Crippen molar-refractivity contribution in [2.45, 2.75) is 0 Å². The lowest BCUT2D eigenvalue weighted by Gasteiger charge is -2.07. The molecule has 0 bridgehead atoms. The molecular weight excluding hydrogens is 557 g/mol. The van der Waals surface area contributed by atoms with Crippen molar-refractivity contribution in [3.63, 3.8) is 0 Å². The van der Waals surface area contributed by atoms with Crippen molar-refractivity contribution in [1.82, 2.24) is 5.43 Å². The summed E-state index contributed by atoms with van der Waals surface area (Å²) in [4.78, 5) is 11.7. The fourth-order valence-electron chi connectivity index (χ4n) is 1.77. The van der Waals surface area contributed by atoms with Crippen molar-refractivity contribution in [1.29, 1.82) is 0 Å². The second-order valence-electron chi connectivity index (χ2n) is 4.53. The minimum atomic E-state index is -0.371. The molecular formula is C16H13ClI2N2O3. The van der Waals surface area contributed by atoms with E-state index in [-0.39, 0.29) is 12.5 Å². The van der Waals surface area contributed by atoms with Gasteiger partial charge in [0, 0.05) is 0 Å². The van der Waals surface area contributed by atoms with E-state index in [4.69, 9.17) is 21.1 Å². The summed E-state index contributed by atoms with van der Waals surface area (Å²) in [5.41, 5.74) is 3.27. The number of hydrogen-bond donors (Lipinski definition) is 1. The van der Waals surface area contributed by atoms with Crippen LogP contribution in [0.1, 0.15) is 5.56 Å². The molecule has 0 spiro atoms. The van der Waals surface area contributed by atoms with E-state index in [2.05, 4.69) is 55.7 Å². The minimum Gasteiger partial charge on any atom is -0.495 e. The van der Waals surface area contributed by atoms with Gasteiger partial charge in [0.05, 0.1) is 25.5 Å². The molecule has 8 heteroatoms. The number of nitrogens with zero attached hydrogens (tertiary/aromatic N) is 1. The predicted octanol–water partition coefficient (Wildman–Crippen LogP) is 4.09. The van der Waals surface area contributed by atoms with Crippen LogP contribution in [0.5, 0.6) is 11.5 Å². The van der Waals surface area contributed by atoms with Crippen LogP contribution < -0.4 is 14.9 Å². The minimum absolute atomic E-state index is 0.168. The number of hydrogen-bond acceptors (Lipinski definition) is 4. The zero-order valence-corrected chi connectivity index (χ0v) is 17.6. The van der Waals surface area contributed by atoms with Gasteiger partial charge in [0.2, 0.25) is 0 Å². The summed E-state index contributed by atoms with van der Waals surface area (Å²) in [6, 6.07) is 10.8. The molecule has 0 heterocycles. The average Bonchev–Trinajstić information content (AvgIpc) is 2.54. The van der Waals surface area contributed by atoms with Gasteiger partial charge in [-0.1, -0.05) is 23.7 Å². The third-order valence-corrected chi connectivity index (χ3v) is 4.74. The molecule has 5 nitrogen and oxygen atoms in total. The van der Waals surface area contributed by atoms with Gasteiger partial charge in [0.1, 0.15) is 11.5 Å². The Morgan fingerprint density at radius 1 is 1.29 bits per heavy atom. The Bertz CT molecular complexity index is 746. The number of hydrazone groups is 1. The van der Waals surface area contributed by atoms with Gasteiger partial charge >= 0.3 is 0 Å². The third kappa shape index (κ3) is 5.49. The Balaban J connectivity index is 1.90. The molecule has 2 aromatic carbocycles. The van der Waals surface area contributed by atoms with Gasteiger partial charge in [-0.15, -0.1) is 0 Å². The lowest BCUT2D eigenvalue weighted by atomic mass is 10.2. The molecule has 0 aliphatic rings. The maximum atomic E-state index is 11.7. The summed E-state index contributed by atoms with van der Waals surface area (Å²) >= 11 is 10.3. The van der Waals surface area contributed by atoms with Crippen molar-refractivity contribution >= 4 is 68.9 Å². The number of benzene rings is 2. The molecule has 2 aromatic rings. The van der Waals surface area contributed by atoms with Crippen molar-refractivity contribution in [2.75, 3.05) is 13.7 Å². The molecule has 126 valence electrons. The Kier molecular flexibility index (Phi) is 7.56. The molecule has 0 aromatic heterocycles. The summed E-state index contributed by atoms with van der Waals surface area (Å²) in [6.45, 7) is -0.168. The van der Waals surface area contributed by atoms with Crippen LogP contribution in [-0.2, 0) is 4.79 Å². The lowest BCUT2D eigenvalue weighted by molar-refractivity contribution is -0.123. The largest absolute Gasteiger partial charge is 0.495 e. The zero-order valence-electron chi connectivity index (χ0n) is 12.6. The number of ether oxygens (including phenoxy) is 2. The van der Waals surface area contributed by atoms with Crippen LogP contribution in [0.3, 0.4) is 0 Å². The van der Waals surface area contributed by atoms with E-state index in [0.717, 1.165) is 18.5 Å². The van der Waals surface area contributed by atoms with E-state index in [0.29, 0.717) is 10.8 Å². The van der Waals surface area contributed by atoms with Gasteiger partial charge in [0.25, 0.3) is 5.91 Å². The second-order valence-corrected chi connectivity index (χ2v) is 7.26. The molecule has 0 aliphatic carbocycles. The van der Waals surface area contributed by atoms with Crippen molar-refractivity contribution in [3.8, 4) is 11.5 Å². The molecule has 1 amide bonds. The van der Waals surface area contributed by atoms with Gasteiger partial charge < -0.3 is 9.47 Å². The average molecular weight is 571 g/mol. The highest BCUT2D eigenvalue weighted by Crippen LogP contribution is 2.28. The normalized spacial score (nSPS) is 10.7. The first-order valence-corrected chi connectivity index (χ1v) is 9.27. The fourth-order valence-corrected chi connectivity index (χ4v) is 4.21. The smallest absolute Gasteiger partial charge is 0.277 e. The summed E-state index contributed by atoms with van der Waals surface area (Å²) in [5.74, 6) is 0.909. The van der Waals surface area contributed by atoms with Crippen molar-refractivity contribution < 1.29 is 14.3 Å². The van der Waals surface area contributed by atoms with E-state index in [1.165, 1.54) is 0 Å². The number of rotatable bonds is 6. The maximum Gasteiger partial charge on any atom is 0.277 e. The number of amides is 1. The molecule has 24 heavy (non-hydrogen) atoms. The molecule has 0 saturated carbocycles. The number of halogens is 3. The van der Waals surface area contributed by atoms with E-state index in [1.807, 2.05) is 12.1 Å². The first-order chi connectivity index (χ1) is 11.5. The van der Waals surface area contributed by atoms with Crippen LogP contribution in [0.4, 0.5) is 0 Å².